The number of hydrogen-bond donors (Lipinski definition) is 1. The summed E-state index contributed by atoms with van der Waals surface area (Å²) in [6.45, 7) is 0. The number of nitrogen functional groups attached to an aromatic ring is 1. The molecular formula is C14H12N4. The molecule has 0 spiro atoms. The third kappa shape index (κ3) is 1.73. The quantitative estimate of drug-likeness (QED) is 0.743. The topological polar surface area (TPSA) is 56.7 Å². The number of imidazole rings is 1. The first-order chi connectivity index (χ1) is 8.86. The molecule has 0 radical (unpaired) electrons. The SMILES string of the molecule is Nc1cccnc1-n1ccnc1-c1ccccc1. The predicted molar refractivity (Wildman–Crippen MR) is 71.2 cm³/mol. The fourth-order valence-corrected chi connectivity index (χ4v) is 1.89. The Labute approximate surface area is 105 Å². The first kappa shape index (κ1) is 10.5. The van der Waals surface area contributed by atoms with Crippen LogP contribution in [0.2, 0.25) is 0 Å². The summed E-state index contributed by atoms with van der Waals surface area (Å²) < 4.78 is 1.89. The zero-order chi connectivity index (χ0) is 12.4. The summed E-state index contributed by atoms with van der Waals surface area (Å²) in [4.78, 5) is 8.68. The zero-order valence-corrected chi connectivity index (χ0v) is 9.69. The van der Waals surface area contributed by atoms with Crippen LogP contribution in [0.3, 0.4) is 0 Å². The lowest BCUT2D eigenvalue weighted by molar-refractivity contribution is 1.01. The second kappa shape index (κ2) is 4.33. The van der Waals surface area contributed by atoms with Gasteiger partial charge < -0.3 is 5.73 Å². The first-order valence-electron chi connectivity index (χ1n) is 5.66. The maximum absolute atomic E-state index is 5.95. The molecule has 0 fully saturated rings. The average Bonchev–Trinajstić information content (AvgIpc) is 2.89. The van der Waals surface area contributed by atoms with Gasteiger partial charge in [-0.15, -0.1) is 0 Å². The van der Waals surface area contributed by atoms with Crippen LogP contribution in [0.5, 0.6) is 0 Å². The van der Waals surface area contributed by atoms with Crippen molar-refractivity contribution in [2.45, 2.75) is 0 Å². The van der Waals surface area contributed by atoms with Crippen LogP contribution in [0.1, 0.15) is 0 Å². The van der Waals surface area contributed by atoms with E-state index >= 15 is 0 Å². The van der Waals surface area contributed by atoms with Crippen LogP contribution < -0.4 is 5.73 Å². The normalized spacial score (nSPS) is 10.4. The summed E-state index contributed by atoms with van der Waals surface area (Å²) in [5.74, 6) is 1.54. The second-order valence-corrected chi connectivity index (χ2v) is 3.90. The average molecular weight is 236 g/mol. The Balaban J connectivity index is 2.16. The highest BCUT2D eigenvalue weighted by Gasteiger charge is 2.09. The van der Waals surface area contributed by atoms with Gasteiger partial charge >= 0.3 is 0 Å². The van der Waals surface area contributed by atoms with Crippen LogP contribution in [0.25, 0.3) is 17.2 Å². The highest BCUT2D eigenvalue weighted by molar-refractivity contribution is 5.62. The molecule has 4 nitrogen and oxygen atoms in total. The molecule has 2 heterocycles. The Morgan fingerprint density at radius 2 is 1.72 bits per heavy atom. The lowest BCUT2D eigenvalue weighted by Gasteiger charge is -2.08. The molecule has 0 aliphatic carbocycles. The smallest absolute Gasteiger partial charge is 0.161 e. The molecule has 18 heavy (non-hydrogen) atoms. The number of rotatable bonds is 2. The van der Waals surface area contributed by atoms with Crippen LogP contribution in [-0.4, -0.2) is 14.5 Å². The molecular weight excluding hydrogens is 224 g/mol. The lowest BCUT2D eigenvalue weighted by atomic mass is 10.2. The Bertz CT molecular complexity index is 658. The largest absolute Gasteiger partial charge is 0.396 e. The van der Waals surface area contributed by atoms with Gasteiger partial charge in [-0.2, -0.15) is 0 Å². The minimum absolute atomic E-state index is 0.632. The van der Waals surface area contributed by atoms with Gasteiger partial charge in [-0.25, -0.2) is 9.97 Å². The van der Waals surface area contributed by atoms with E-state index in [-0.39, 0.29) is 0 Å². The van der Waals surface area contributed by atoms with E-state index in [1.807, 2.05) is 53.2 Å². The molecule has 3 rings (SSSR count). The molecule has 0 aliphatic rings. The van der Waals surface area contributed by atoms with Gasteiger partial charge in [0.25, 0.3) is 0 Å². The van der Waals surface area contributed by atoms with Crippen molar-refractivity contribution in [1.29, 1.82) is 0 Å². The Hall–Kier alpha value is -2.62. The summed E-state index contributed by atoms with van der Waals surface area (Å²) in [6.07, 6.45) is 5.33. The maximum atomic E-state index is 5.95. The highest BCUT2D eigenvalue weighted by atomic mass is 15.1. The molecule has 4 heteroatoms. The molecule has 3 aromatic rings. The van der Waals surface area contributed by atoms with E-state index in [4.69, 9.17) is 5.73 Å². The summed E-state index contributed by atoms with van der Waals surface area (Å²) in [5.41, 5.74) is 7.61. The van der Waals surface area contributed by atoms with E-state index in [9.17, 15) is 0 Å². The highest BCUT2D eigenvalue weighted by Crippen LogP contribution is 2.22. The number of hydrogen-bond acceptors (Lipinski definition) is 3. The minimum Gasteiger partial charge on any atom is -0.396 e. The number of aromatic nitrogens is 3. The Morgan fingerprint density at radius 3 is 2.50 bits per heavy atom. The molecule has 0 unspecified atom stereocenters. The van der Waals surface area contributed by atoms with Gasteiger partial charge in [0, 0.05) is 24.2 Å². The number of pyridine rings is 1. The van der Waals surface area contributed by atoms with Gasteiger partial charge in [-0.3, -0.25) is 4.57 Å². The molecule has 0 aliphatic heterocycles. The van der Waals surface area contributed by atoms with Crippen molar-refractivity contribution in [3.8, 4) is 17.2 Å². The summed E-state index contributed by atoms with van der Waals surface area (Å²) in [7, 11) is 0. The number of benzene rings is 1. The van der Waals surface area contributed by atoms with Gasteiger partial charge in [-0.1, -0.05) is 30.3 Å². The van der Waals surface area contributed by atoms with Crippen LogP contribution in [-0.2, 0) is 0 Å². The summed E-state index contributed by atoms with van der Waals surface area (Å²) >= 11 is 0. The van der Waals surface area contributed by atoms with Crippen molar-refractivity contribution in [2.75, 3.05) is 5.73 Å². The van der Waals surface area contributed by atoms with Crippen LogP contribution in [0.4, 0.5) is 5.69 Å². The zero-order valence-electron chi connectivity index (χ0n) is 9.69. The number of anilines is 1. The standard InChI is InChI=1S/C14H12N4/c15-12-7-4-8-16-14(12)18-10-9-17-13(18)11-5-2-1-3-6-11/h1-10H,15H2. The van der Waals surface area contributed by atoms with E-state index in [0.717, 1.165) is 11.4 Å². The third-order valence-corrected chi connectivity index (χ3v) is 2.72. The van der Waals surface area contributed by atoms with Crippen molar-refractivity contribution >= 4 is 5.69 Å². The summed E-state index contributed by atoms with van der Waals surface area (Å²) in [6, 6.07) is 13.6. The molecule has 0 saturated carbocycles. The van der Waals surface area contributed by atoms with E-state index in [1.165, 1.54) is 0 Å². The molecule has 0 saturated heterocycles. The van der Waals surface area contributed by atoms with Crippen molar-refractivity contribution in [3.63, 3.8) is 0 Å². The molecule has 88 valence electrons. The Morgan fingerprint density at radius 1 is 0.889 bits per heavy atom. The maximum Gasteiger partial charge on any atom is 0.161 e. The number of nitrogens with two attached hydrogens (primary N) is 1. The Kier molecular flexibility index (Phi) is 2.53. The van der Waals surface area contributed by atoms with E-state index in [0.29, 0.717) is 11.5 Å². The predicted octanol–water partition coefficient (Wildman–Crippen LogP) is 2.52. The van der Waals surface area contributed by atoms with E-state index in [2.05, 4.69) is 9.97 Å². The van der Waals surface area contributed by atoms with Gasteiger partial charge in [0.2, 0.25) is 0 Å². The fourth-order valence-electron chi connectivity index (χ4n) is 1.89. The third-order valence-electron chi connectivity index (χ3n) is 2.72. The number of nitrogens with zero attached hydrogens (tertiary/aromatic N) is 3. The molecule has 2 aromatic heterocycles. The lowest BCUT2D eigenvalue weighted by Crippen LogP contribution is -2.03. The van der Waals surface area contributed by atoms with Crippen LogP contribution >= 0.6 is 0 Å². The molecule has 2 N–H and O–H groups in total. The fraction of sp³-hybridized carbons (Fsp3) is 0. The van der Waals surface area contributed by atoms with E-state index in [1.54, 1.807) is 12.4 Å². The molecule has 1 aromatic carbocycles. The van der Waals surface area contributed by atoms with E-state index < -0.39 is 0 Å². The van der Waals surface area contributed by atoms with Gasteiger partial charge in [0.15, 0.2) is 5.82 Å². The molecule has 0 amide bonds. The summed E-state index contributed by atoms with van der Waals surface area (Å²) in [5, 5.41) is 0. The minimum atomic E-state index is 0.632. The van der Waals surface area contributed by atoms with Crippen molar-refractivity contribution in [1.82, 2.24) is 14.5 Å². The van der Waals surface area contributed by atoms with Gasteiger partial charge in [-0.05, 0) is 12.1 Å². The first-order valence-corrected chi connectivity index (χ1v) is 5.66. The van der Waals surface area contributed by atoms with Gasteiger partial charge in [0.1, 0.15) is 5.82 Å². The van der Waals surface area contributed by atoms with Crippen LogP contribution in [0.15, 0.2) is 61.1 Å². The van der Waals surface area contributed by atoms with Crippen LogP contribution in [0, 0.1) is 0 Å². The van der Waals surface area contributed by atoms with Crippen molar-refractivity contribution in [2.24, 2.45) is 0 Å². The monoisotopic (exact) mass is 236 g/mol. The molecule has 0 atom stereocenters. The van der Waals surface area contributed by atoms with Gasteiger partial charge in [0.05, 0.1) is 5.69 Å². The second-order valence-electron chi connectivity index (χ2n) is 3.90. The molecule has 0 bridgehead atoms. The van der Waals surface area contributed by atoms with Crippen molar-refractivity contribution in [3.05, 3.63) is 61.1 Å². The van der Waals surface area contributed by atoms with Crippen molar-refractivity contribution < 1.29 is 0 Å².